The molecular weight excluding hydrogens is 394 g/mol. The smallest absolute Gasteiger partial charge is 0.325 e. The number of rotatable bonds is 5. The molecule has 0 radical (unpaired) electrons. The van der Waals surface area contributed by atoms with Gasteiger partial charge in [0.25, 0.3) is 0 Å². The Hall–Kier alpha value is -3.53. The van der Waals surface area contributed by atoms with Crippen LogP contribution in [0.3, 0.4) is 0 Å². The van der Waals surface area contributed by atoms with Crippen LogP contribution < -0.4 is 20.1 Å². The van der Waals surface area contributed by atoms with Crippen LogP contribution in [0.1, 0.15) is 0 Å². The monoisotopic (exact) mass is 411 g/mol. The fourth-order valence-corrected chi connectivity index (χ4v) is 3.39. The van der Waals surface area contributed by atoms with Crippen molar-refractivity contribution in [1.82, 2.24) is 20.1 Å². The number of thioether (sulfide) groups is 1. The Balaban J connectivity index is 1.30. The van der Waals surface area contributed by atoms with Crippen LogP contribution in [0.25, 0.3) is 5.69 Å². The van der Waals surface area contributed by atoms with Crippen molar-refractivity contribution in [2.45, 2.75) is 5.16 Å². The highest BCUT2D eigenvalue weighted by atomic mass is 32.2. The summed E-state index contributed by atoms with van der Waals surface area (Å²) in [6.07, 6.45) is 1.57. The highest BCUT2D eigenvalue weighted by Gasteiger charge is 2.15. The van der Waals surface area contributed by atoms with E-state index in [-0.39, 0.29) is 5.75 Å². The molecule has 4 rings (SSSR count). The third-order valence-corrected chi connectivity index (χ3v) is 4.88. The fraction of sp³-hybridized carbons (Fsp3) is 0.158. The van der Waals surface area contributed by atoms with E-state index in [1.165, 1.54) is 11.8 Å². The summed E-state index contributed by atoms with van der Waals surface area (Å²) < 4.78 is 12.7. The number of hydrogen-bond donors (Lipinski definition) is 2. The lowest BCUT2D eigenvalue weighted by Crippen LogP contribution is -2.35. The van der Waals surface area contributed by atoms with Crippen molar-refractivity contribution in [2.75, 3.05) is 24.3 Å². The molecule has 1 aliphatic heterocycles. The van der Waals surface area contributed by atoms with E-state index >= 15 is 0 Å². The fourth-order valence-electron chi connectivity index (χ4n) is 2.66. The number of nitrogens with zero attached hydrogens (tertiary/aromatic N) is 3. The minimum atomic E-state index is -0.628. The summed E-state index contributed by atoms with van der Waals surface area (Å²) in [7, 11) is 0. The Bertz CT molecular complexity index is 1020. The van der Waals surface area contributed by atoms with Crippen LogP contribution in [0.2, 0.25) is 0 Å². The van der Waals surface area contributed by atoms with E-state index in [4.69, 9.17) is 9.47 Å². The van der Waals surface area contributed by atoms with Crippen LogP contribution in [0.4, 0.5) is 10.5 Å². The predicted molar refractivity (Wildman–Crippen MR) is 107 cm³/mol. The Kier molecular flexibility index (Phi) is 5.61. The first-order valence-electron chi connectivity index (χ1n) is 8.78. The molecule has 0 saturated heterocycles. The molecule has 1 aliphatic rings. The SMILES string of the molecule is O=C(CSc1nncn1-c1ccccc1)NC(=O)Nc1ccc2c(c1)OCCO2. The molecule has 0 aliphatic carbocycles. The molecule has 10 heteroatoms. The number of anilines is 1. The van der Waals surface area contributed by atoms with Gasteiger partial charge >= 0.3 is 6.03 Å². The second kappa shape index (κ2) is 8.65. The number of imide groups is 1. The lowest BCUT2D eigenvalue weighted by Gasteiger charge is -2.19. The number of amides is 3. The van der Waals surface area contributed by atoms with Crippen molar-refractivity contribution in [3.63, 3.8) is 0 Å². The number of hydrogen-bond acceptors (Lipinski definition) is 7. The molecular formula is C19H17N5O4S. The van der Waals surface area contributed by atoms with E-state index in [2.05, 4.69) is 20.8 Å². The molecule has 9 nitrogen and oxygen atoms in total. The molecule has 0 atom stereocenters. The van der Waals surface area contributed by atoms with Crippen molar-refractivity contribution in [1.29, 1.82) is 0 Å². The van der Waals surface area contributed by atoms with Crippen LogP contribution in [0, 0.1) is 0 Å². The zero-order valence-corrected chi connectivity index (χ0v) is 16.0. The van der Waals surface area contributed by atoms with Crippen molar-refractivity contribution in [3.8, 4) is 17.2 Å². The number of nitrogens with one attached hydrogen (secondary N) is 2. The zero-order chi connectivity index (χ0) is 20.1. The minimum Gasteiger partial charge on any atom is -0.486 e. The Labute approximate surface area is 170 Å². The molecule has 0 fully saturated rings. The number of fused-ring (bicyclic) bond motifs is 1. The van der Waals surface area contributed by atoms with Gasteiger partial charge < -0.3 is 14.8 Å². The van der Waals surface area contributed by atoms with Gasteiger partial charge in [-0.25, -0.2) is 4.79 Å². The van der Waals surface area contributed by atoms with Crippen LogP contribution in [-0.4, -0.2) is 45.7 Å². The maximum Gasteiger partial charge on any atom is 0.325 e. The number of benzene rings is 2. The summed E-state index contributed by atoms with van der Waals surface area (Å²) >= 11 is 1.18. The standard InChI is InChI=1S/C19H17N5O4S/c25-17(11-29-19-23-20-12-24(19)14-4-2-1-3-5-14)22-18(26)21-13-6-7-15-16(10-13)28-9-8-27-15/h1-7,10,12H,8-9,11H2,(H2,21,22,25,26). The second-order valence-electron chi connectivity index (χ2n) is 5.97. The van der Waals surface area contributed by atoms with E-state index in [0.717, 1.165) is 5.69 Å². The molecule has 0 spiro atoms. The number of carbonyl (C=O) groups is 2. The molecule has 3 amide bonds. The van der Waals surface area contributed by atoms with Crippen molar-refractivity contribution < 1.29 is 19.1 Å². The lowest BCUT2D eigenvalue weighted by molar-refractivity contribution is -0.117. The van der Waals surface area contributed by atoms with Gasteiger partial charge in [0, 0.05) is 17.4 Å². The largest absolute Gasteiger partial charge is 0.486 e. The van der Waals surface area contributed by atoms with E-state index in [1.807, 2.05) is 30.3 Å². The summed E-state index contributed by atoms with van der Waals surface area (Å²) in [6, 6.07) is 13.9. The van der Waals surface area contributed by atoms with Crippen LogP contribution in [0.15, 0.2) is 60.0 Å². The predicted octanol–water partition coefficient (Wildman–Crippen LogP) is 2.48. The molecule has 0 unspecified atom stereocenters. The molecule has 29 heavy (non-hydrogen) atoms. The first-order chi connectivity index (χ1) is 14.2. The number of aromatic nitrogens is 3. The maximum absolute atomic E-state index is 12.1. The van der Waals surface area contributed by atoms with Gasteiger partial charge in [-0.15, -0.1) is 10.2 Å². The van der Waals surface area contributed by atoms with Gasteiger partial charge in [0.15, 0.2) is 16.7 Å². The van der Waals surface area contributed by atoms with Gasteiger partial charge in [0.1, 0.15) is 19.5 Å². The number of carbonyl (C=O) groups excluding carboxylic acids is 2. The highest BCUT2D eigenvalue weighted by Crippen LogP contribution is 2.32. The number of ether oxygens (including phenoxy) is 2. The molecule has 0 saturated carbocycles. The Morgan fingerprint density at radius 3 is 2.69 bits per heavy atom. The Morgan fingerprint density at radius 1 is 1.07 bits per heavy atom. The van der Waals surface area contributed by atoms with Crippen molar-refractivity contribution >= 4 is 29.4 Å². The minimum absolute atomic E-state index is 0.0140. The highest BCUT2D eigenvalue weighted by molar-refractivity contribution is 7.99. The van der Waals surface area contributed by atoms with Crippen molar-refractivity contribution in [2.24, 2.45) is 0 Å². The van der Waals surface area contributed by atoms with Crippen LogP contribution in [0.5, 0.6) is 11.5 Å². The molecule has 0 bridgehead atoms. The average molecular weight is 411 g/mol. The van der Waals surface area contributed by atoms with Crippen LogP contribution >= 0.6 is 11.8 Å². The molecule has 1 aromatic heterocycles. The summed E-state index contributed by atoms with van der Waals surface area (Å²) in [5.41, 5.74) is 1.38. The molecule has 3 aromatic rings. The van der Waals surface area contributed by atoms with E-state index in [1.54, 1.807) is 29.1 Å². The first-order valence-corrected chi connectivity index (χ1v) is 9.76. The zero-order valence-electron chi connectivity index (χ0n) is 15.2. The lowest BCUT2D eigenvalue weighted by atomic mass is 10.2. The third kappa shape index (κ3) is 4.66. The number of para-hydroxylation sites is 1. The summed E-state index contributed by atoms with van der Waals surface area (Å²) in [5.74, 6) is 0.737. The first kappa shape index (κ1) is 18.8. The van der Waals surface area contributed by atoms with Crippen molar-refractivity contribution in [3.05, 3.63) is 54.9 Å². The average Bonchev–Trinajstić information content (AvgIpc) is 3.21. The summed E-state index contributed by atoms with van der Waals surface area (Å²) in [5, 5.41) is 13.4. The summed E-state index contributed by atoms with van der Waals surface area (Å²) in [4.78, 5) is 24.2. The van der Waals surface area contributed by atoms with Gasteiger partial charge in [-0.2, -0.15) is 0 Å². The van der Waals surface area contributed by atoms with E-state index in [0.29, 0.717) is 35.6 Å². The topological polar surface area (TPSA) is 107 Å². The molecule has 2 N–H and O–H groups in total. The van der Waals surface area contributed by atoms with E-state index < -0.39 is 11.9 Å². The maximum atomic E-state index is 12.1. The van der Waals surface area contributed by atoms with Crippen LogP contribution in [-0.2, 0) is 4.79 Å². The molecule has 148 valence electrons. The van der Waals surface area contributed by atoms with Gasteiger partial charge in [-0.1, -0.05) is 30.0 Å². The van der Waals surface area contributed by atoms with Gasteiger partial charge in [-0.3, -0.25) is 14.7 Å². The summed E-state index contributed by atoms with van der Waals surface area (Å²) in [6.45, 7) is 0.941. The third-order valence-electron chi connectivity index (χ3n) is 3.94. The number of urea groups is 1. The van der Waals surface area contributed by atoms with Gasteiger partial charge in [0.05, 0.1) is 5.75 Å². The Morgan fingerprint density at radius 2 is 1.86 bits per heavy atom. The van der Waals surface area contributed by atoms with Gasteiger partial charge in [0.2, 0.25) is 5.91 Å². The van der Waals surface area contributed by atoms with E-state index in [9.17, 15) is 9.59 Å². The van der Waals surface area contributed by atoms with Gasteiger partial charge in [-0.05, 0) is 24.3 Å². The molecule has 2 heterocycles. The quantitative estimate of drug-likeness (QED) is 0.621. The normalized spacial score (nSPS) is 12.3. The molecule has 2 aromatic carbocycles. The second-order valence-corrected chi connectivity index (χ2v) is 6.91.